The maximum atomic E-state index is 3.67. The quantitative estimate of drug-likeness (QED) is 0.337. The van der Waals surface area contributed by atoms with Gasteiger partial charge in [0.15, 0.2) is 0 Å². The number of rotatable bonds is 0. The molecule has 0 aliphatic carbocycles. The van der Waals surface area contributed by atoms with E-state index in [-0.39, 0.29) is 0 Å². The molecule has 1 aliphatic heterocycles. The Hall–Kier alpha value is 0.170. The van der Waals surface area contributed by atoms with E-state index in [9.17, 15) is 0 Å². The second-order valence-electron chi connectivity index (χ2n) is 0.475. The molecule has 0 fully saturated rings. The predicted molar refractivity (Wildman–Crippen MR) is 25.8 cm³/mol. The van der Waals surface area contributed by atoms with Gasteiger partial charge in [0.25, 0.3) is 0 Å². The van der Waals surface area contributed by atoms with Crippen molar-refractivity contribution in [3.63, 3.8) is 0 Å². The lowest BCUT2D eigenvalue weighted by molar-refractivity contribution is 1.61. The molecular weight excluding hydrogens is 104 g/mol. The van der Waals surface area contributed by atoms with E-state index in [2.05, 4.69) is 9.12 Å². The van der Waals surface area contributed by atoms with E-state index in [1.54, 1.807) is 0 Å². The molecule has 0 aromatic rings. The Bertz CT molecular complexity index is 45.6. The lowest BCUT2D eigenvalue weighted by Gasteiger charge is -1.66. The summed E-state index contributed by atoms with van der Waals surface area (Å²) in [5.74, 6) is 0. The van der Waals surface area contributed by atoms with Crippen molar-refractivity contribution in [1.82, 2.24) is 4.72 Å². The predicted octanol–water partition coefficient (Wildman–Crippen LogP) is 0.844. The van der Waals surface area contributed by atoms with Gasteiger partial charge < -0.3 is 0 Å². The topological polar surface area (TPSA) is 26.5 Å². The fourth-order valence-corrected chi connectivity index (χ4v) is 0.866. The summed E-state index contributed by atoms with van der Waals surface area (Å²) >= 11 is 0. The molecule has 0 spiro atoms. The summed E-state index contributed by atoms with van der Waals surface area (Å²) in [5.41, 5.74) is 0. The van der Waals surface area contributed by atoms with Crippen molar-refractivity contribution in [1.29, 1.82) is 0 Å². The number of nitrogens with zero attached hydrogens (tertiary/aromatic N) is 2. The monoisotopic (exact) mass is 105 g/mol. The van der Waals surface area contributed by atoms with Crippen molar-refractivity contribution < 1.29 is 0 Å². The van der Waals surface area contributed by atoms with Gasteiger partial charge in [-0.1, -0.05) is 0 Å². The fourth-order valence-electron chi connectivity index (χ4n) is 0.0962. The Kier molecular flexibility index (Phi) is 1.05. The second-order valence-corrected chi connectivity index (χ2v) is 2.09. The zero-order valence-electron chi connectivity index (χ0n) is 2.29. The van der Waals surface area contributed by atoms with Gasteiger partial charge >= 0.3 is 0 Å². The molecule has 4 heteroatoms. The molecular formula is CHN2S2. The van der Waals surface area contributed by atoms with Crippen LogP contribution in [0.25, 0.3) is 0 Å². The highest BCUT2D eigenvalue weighted by Crippen LogP contribution is 2.22. The van der Waals surface area contributed by atoms with Crippen molar-refractivity contribution in [3.05, 3.63) is 0 Å². The minimum absolute atomic E-state index is 1.39. The van der Waals surface area contributed by atoms with E-state index in [4.69, 9.17) is 0 Å². The number of hydrogen-bond acceptors (Lipinski definition) is 3. The fraction of sp³-hybridized carbons (Fsp3) is 0. The van der Waals surface area contributed by atoms with Crippen LogP contribution in [0.15, 0.2) is 4.40 Å². The Morgan fingerprint density at radius 1 is 1.40 bits per heavy atom. The standard InChI is InChI=1S/CHN2S2/c1-2-4-5-3-1/h1H. The molecule has 1 aliphatic rings. The first kappa shape index (κ1) is 3.36. The minimum atomic E-state index is 1.39. The normalized spacial score (nSPS) is 19.2. The van der Waals surface area contributed by atoms with Crippen LogP contribution >= 0.6 is 22.0 Å². The van der Waals surface area contributed by atoms with E-state index in [0.29, 0.717) is 0 Å². The highest BCUT2D eigenvalue weighted by atomic mass is 33.1. The van der Waals surface area contributed by atoms with Crippen molar-refractivity contribution >= 4 is 28.3 Å². The molecule has 0 bridgehead atoms. The molecule has 0 aromatic heterocycles. The molecule has 0 saturated heterocycles. The molecule has 1 heterocycles. The lowest BCUT2D eigenvalue weighted by Crippen LogP contribution is -1.74. The van der Waals surface area contributed by atoms with Crippen LogP contribution in [0.3, 0.4) is 0 Å². The van der Waals surface area contributed by atoms with E-state index in [0.717, 1.165) is 0 Å². The van der Waals surface area contributed by atoms with Crippen LogP contribution < -0.4 is 4.72 Å². The lowest BCUT2D eigenvalue weighted by atomic mass is 11.4. The molecule has 2 nitrogen and oxygen atoms in total. The minimum Gasteiger partial charge on any atom is -0.191 e. The first-order chi connectivity index (χ1) is 2.50. The van der Waals surface area contributed by atoms with Gasteiger partial charge in [0, 0.05) is 0 Å². The largest absolute Gasteiger partial charge is 0.191 e. The Morgan fingerprint density at radius 3 is 2.60 bits per heavy atom. The second kappa shape index (κ2) is 1.57. The third-order valence-electron chi connectivity index (χ3n) is 0.214. The van der Waals surface area contributed by atoms with Gasteiger partial charge in [0.05, 0.1) is 22.0 Å². The summed E-state index contributed by atoms with van der Waals surface area (Å²) in [6, 6.07) is 0. The van der Waals surface area contributed by atoms with Gasteiger partial charge in [-0.3, -0.25) is 0 Å². The Balaban J connectivity index is 2.32. The van der Waals surface area contributed by atoms with Crippen LogP contribution in [0.4, 0.5) is 0 Å². The molecule has 0 amide bonds. The van der Waals surface area contributed by atoms with Gasteiger partial charge in [-0.2, -0.15) is 9.12 Å². The molecule has 27 valence electrons. The van der Waals surface area contributed by atoms with Crippen LogP contribution in [-0.2, 0) is 0 Å². The van der Waals surface area contributed by atoms with E-state index >= 15 is 0 Å². The van der Waals surface area contributed by atoms with Crippen LogP contribution in [0, 0.1) is 0 Å². The maximum Gasteiger partial charge on any atom is 0.134 e. The third-order valence-corrected chi connectivity index (χ3v) is 1.36. The van der Waals surface area contributed by atoms with Crippen molar-refractivity contribution in [3.8, 4) is 0 Å². The van der Waals surface area contributed by atoms with Gasteiger partial charge in [-0.25, -0.2) is 0 Å². The van der Waals surface area contributed by atoms with Crippen LogP contribution in [0.1, 0.15) is 0 Å². The van der Waals surface area contributed by atoms with Gasteiger partial charge in [-0.15, -0.1) is 0 Å². The molecule has 0 unspecified atom stereocenters. The molecule has 0 atom stereocenters. The van der Waals surface area contributed by atoms with Gasteiger partial charge in [0.1, 0.15) is 6.34 Å². The van der Waals surface area contributed by atoms with Crippen LogP contribution in [-0.4, -0.2) is 6.34 Å². The molecule has 5 heavy (non-hydrogen) atoms. The van der Waals surface area contributed by atoms with E-state index < -0.39 is 0 Å². The Labute approximate surface area is 38.1 Å². The van der Waals surface area contributed by atoms with Gasteiger partial charge in [0.2, 0.25) is 0 Å². The van der Waals surface area contributed by atoms with E-state index in [1.165, 1.54) is 28.3 Å². The first-order valence-electron chi connectivity index (χ1n) is 1.05. The zero-order valence-corrected chi connectivity index (χ0v) is 3.92. The molecule has 0 aromatic carbocycles. The first-order valence-corrected chi connectivity index (χ1v) is 3.11. The SMILES string of the molecule is C1=NSS[N]1. The molecule has 1 rings (SSSR count). The summed E-state index contributed by atoms with van der Waals surface area (Å²) in [4.78, 5) is 0. The molecule has 0 N–H and O–H groups in total. The van der Waals surface area contributed by atoms with E-state index in [1.807, 2.05) is 0 Å². The average Bonchev–Trinajstić information content (AvgIpc) is 1.76. The zero-order chi connectivity index (χ0) is 3.54. The summed E-state index contributed by atoms with van der Waals surface area (Å²) in [6.07, 6.45) is 1.54. The van der Waals surface area contributed by atoms with Crippen molar-refractivity contribution in [2.45, 2.75) is 0 Å². The highest BCUT2D eigenvalue weighted by Gasteiger charge is 1.89. The number of hydrogen-bond donors (Lipinski definition) is 0. The van der Waals surface area contributed by atoms with Crippen molar-refractivity contribution in [2.24, 2.45) is 4.40 Å². The highest BCUT2D eigenvalue weighted by molar-refractivity contribution is 8.76. The van der Waals surface area contributed by atoms with Gasteiger partial charge in [-0.05, 0) is 0 Å². The summed E-state index contributed by atoms with van der Waals surface area (Å²) in [5, 5.41) is 0. The summed E-state index contributed by atoms with van der Waals surface area (Å²) in [6.45, 7) is 0. The van der Waals surface area contributed by atoms with Crippen molar-refractivity contribution in [2.75, 3.05) is 0 Å². The maximum absolute atomic E-state index is 3.67. The van der Waals surface area contributed by atoms with Crippen LogP contribution in [0.2, 0.25) is 0 Å². The van der Waals surface area contributed by atoms with Crippen LogP contribution in [0.5, 0.6) is 0 Å². The summed E-state index contributed by atoms with van der Waals surface area (Å²) in [7, 11) is 2.79. The molecule has 0 saturated carbocycles. The Morgan fingerprint density at radius 2 is 2.40 bits per heavy atom. The average molecular weight is 105 g/mol. The third kappa shape index (κ3) is 0.735. The smallest absolute Gasteiger partial charge is 0.134 e. The molecule has 1 radical (unpaired) electrons. The summed E-state index contributed by atoms with van der Waals surface area (Å²) < 4.78 is 7.34.